The lowest BCUT2D eigenvalue weighted by atomic mass is 10.2. The summed E-state index contributed by atoms with van der Waals surface area (Å²) in [6, 6.07) is 0. The molecule has 0 aliphatic carbocycles. The number of aliphatic imine (C=N–C) groups is 1. The van der Waals surface area contributed by atoms with Gasteiger partial charge < -0.3 is 5.11 Å². The lowest BCUT2D eigenvalue weighted by Gasteiger charge is -2.25. The maximum absolute atomic E-state index is 9.50. The van der Waals surface area contributed by atoms with Crippen molar-refractivity contribution in [3.63, 3.8) is 0 Å². The van der Waals surface area contributed by atoms with Crippen LogP contribution in [0, 0.1) is 0 Å². The lowest BCUT2D eigenvalue weighted by molar-refractivity contribution is 0.00732. The minimum Gasteiger partial charge on any atom is -0.379 e. The first kappa shape index (κ1) is 12.4. The smallest absolute Gasteiger partial charge is 0.106 e. The number of hydrogen-bond donors (Lipinski definition) is 1. The number of allylic oxidation sites excluding steroid dienone is 2. The van der Waals surface area contributed by atoms with Crippen LogP contribution in [0.15, 0.2) is 17.1 Å². The molecular formula is C12H22N2O. The van der Waals surface area contributed by atoms with Gasteiger partial charge >= 0.3 is 0 Å². The van der Waals surface area contributed by atoms with Crippen LogP contribution in [-0.2, 0) is 0 Å². The van der Waals surface area contributed by atoms with E-state index in [2.05, 4.69) is 24.1 Å². The number of rotatable bonds is 6. The van der Waals surface area contributed by atoms with Crippen molar-refractivity contribution < 1.29 is 5.11 Å². The van der Waals surface area contributed by atoms with Gasteiger partial charge in [-0.3, -0.25) is 9.89 Å². The number of aliphatic hydroxyl groups is 1. The highest BCUT2D eigenvalue weighted by molar-refractivity contribution is 5.62. The van der Waals surface area contributed by atoms with Gasteiger partial charge in [0.15, 0.2) is 0 Å². The Morgan fingerprint density at radius 3 is 3.07 bits per heavy atom. The predicted molar refractivity (Wildman–Crippen MR) is 63.9 cm³/mol. The standard InChI is InChI=1S/C12H22N2O/c1-3-4-5-6-7-8-12-13-9-10-14(12)11(2)15/h4-5,9,11-12,15H,3,6-8,10H2,1-2H3/b5-4+. The molecule has 0 radical (unpaired) electrons. The molecule has 0 aromatic heterocycles. The summed E-state index contributed by atoms with van der Waals surface area (Å²) < 4.78 is 0. The van der Waals surface area contributed by atoms with Gasteiger partial charge in [0, 0.05) is 12.8 Å². The van der Waals surface area contributed by atoms with Crippen LogP contribution in [0.3, 0.4) is 0 Å². The van der Waals surface area contributed by atoms with Crippen LogP contribution in [0.4, 0.5) is 0 Å². The van der Waals surface area contributed by atoms with Gasteiger partial charge in [0.1, 0.15) is 12.4 Å². The van der Waals surface area contributed by atoms with Gasteiger partial charge in [-0.15, -0.1) is 0 Å². The Morgan fingerprint density at radius 2 is 2.40 bits per heavy atom. The Labute approximate surface area is 92.5 Å². The van der Waals surface area contributed by atoms with Crippen LogP contribution in [0.1, 0.15) is 39.5 Å². The zero-order chi connectivity index (χ0) is 11.1. The van der Waals surface area contributed by atoms with E-state index in [4.69, 9.17) is 0 Å². The van der Waals surface area contributed by atoms with E-state index < -0.39 is 0 Å². The van der Waals surface area contributed by atoms with Crippen LogP contribution < -0.4 is 0 Å². The highest BCUT2D eigenvalue weighted by atomic mass is 16.3. The van der Waals surface area contributed by atoms with E-state index >= 15 is 0 Å². The van der Waals surface area contributed by atoms with Crippen LogP contribution in [0.25, 0.3) is 0 Å². The minimum atomic E-state index is -0.385. The molecule has 1 aliphatic rings. The van der Waals surface area contributed by atoms with Crippen molar-refractivity contribution in [1.82, 2.24) is 4.90 Å². The largest absolute Gasteiger partial charge is 0.379 e. The minimum absolute atomic E-state index is 0.194. The normalized spacial score (nSPS) is 24.1. The highest BCUT2D eigenvalue weighted by Gasteiger charge is 2.23. The van der Waals surface area contributed by atoms with Crippen molar-refractivity contribution in [2.24, 2.45) is 4.99 Å². The van der Waals surface area contributed by atoms with Gasteiger partial charge in [-0.25, -0.2) is 0 Å². The molecule has 2 unspecified atom stereocenters. The number of nitrogens with zero attached hydrogens (tertiary/aromatic N) is 2. The van der Waals surface area contributed by atoms with Gasteiger partial charge in [0.05, 0.1) is 0 Å². The van der Waals surface area contributed by atoms with Crippen molar-refractivity contribution in [1.29, 1.82) is 0 Å². The molecule has 0 bridgehead atoms. The molecule has 15 heavy (non-hydrogen) atoms. The summed E-state index contributed by atoms with van der Waals surface area (Å²) in [6.45, 7) is 4.73. The zero-order valence-electron chi connectivity index (χ0n) is 9.76. The SMILES string of the molecule is CC/C=C/CCCC1N=CCN1C(C)O. The van der Waals surface area contributed by atoms with Crippen molar-refractivity contribution in [3.05, 3.63) is 12.2 Å². The molecule has 0 fully saturated rings. The van der Waals surface area contributed by atoms with Crippen LogP contribution in [0.5, 0.6) is 0 Å². The number of hydrogen-bond acceptors (Lipinski definition) is 3. The molecule has 3 nitrogen and oxygen atoms in total. The summed E-state index contributed by atoms with van der Waals surface area (Å²) >= 11 is 0. The van der Waals surface area contributed by atoms with Gasteiger partial charge in [0.25, 0.3) is 0 Å². The van der Waals surface area contributed by atoms with Gasteiger partial charge in [0.2, 0.25) is 0 Å². The average Bonchev–Trinajstić information content (AvgIpc) is 2.66. The monoisotopic (exact) mass is 210 g/mol. The quantitative estimate of drug-likeness (QED) is 0.539. The first-order valence-electron chi connectivity index (χ1n) is 5.86. The van der Waals surface area contributed by atoms with E-state index in [1.54, 1.807) is 6.92 Å². The summed E-state index contributed by atoms with van der Waals surface area (Å²) in [7, 11) is 0. The fourth-order valence-corrected chi connectivity index (χ4v) is 1.82. The second-order valence-corrected chi connectivity index (χ2v) is 3.95. The van der Waals surface area contributed by atoms with Crippen molar-refractivity contribution in [2.75, 3.05) is 6.54 Å². The van der Waals surface area contributed by atoms with Gasteiger partial charge in [-0.05, 0) is 32.6 Å². The van der Waals surface area contributed by atoms with Crippen molar-refractivity contribution in [3.8, 4) is 0 Å². The molecule has 1 N–H and O–H groups in total. The molecule has 0 aromatic rings. The first-order chi connectivity index (χ1) is 7.25. The molecular weight excluding hydrogens is 188 g/mol. The molecule has 3 heteroatoms. The Kier molecular flexibility index (Phi) is 5.58. The van der Waals surface area contributed by atoms with E-state index in [0.29, 0.717) is 0 Å². The third-order valence-corrected chi connectivity index (χ3v) is 2.67. The van der Waals surface area contributed by atoms with Crippen LogP contribution in [-0.4, -0.2) is 35.2 Å². The molecule has 1 heterocycles. The molecule has 0 saturated carbocycles. The zero-order valence-corrected chi connectivity index (χ0v) is 9.76. The van der Waals surface area contributed by atoms with E-state index in [0.717, 1.165) is 32.2 Å². The van der Waals surface area contributed by atoms with Crippen molar-refractivity contribution >= 4 is 6.21 Å². The fourth-order valence-electron chi connectivity index (χ4n) is 1.82. The third-order valence-electron chi connectivity index (χ3n) is 2.67. The second-order valence-electron chi connectivity index (χ2n) is 3.95. The van der Waals surface area contributed by atoms with E-state index in [1.807, 2.05) is 11.1 Å². The van der Waals surface area contributed by atoms with E-state index in [1.165, 1.54) is 0 Å². The Balaban J connectivity index is 2.20. The summed E-state index contributed by atoms with van der Waals surface area (Å²) in [6.07, 6.45) is 10.5. The molecule has 0 saturated heterocycles. The summed E-state index contributed by atoms with van der Waals surface area (Å²) in [5.74, 6) is 0. The topological polar surface area (TPSA) is 35.8 Å². The lowest BCUT2D eigenvalue weighted by Crippen LogP contribution is -2.37. The highest BCUT2D eigenvalue weighted by Crippen LogP contribution is 2.16. The number of unbranched alkanes of at least 4 members (excludes halogenated alkanes) is 1. The number of aliphatic hydroxyl groups excluding tert-OH is 1. The van der Waals surface area contributed by atoms with E-state index in [-0.39, 0.29) is 12.4 Å². The van der Waals surface area contributed by atoms with Crippen LogP contribution >= 0.6 is 0 Å². The second kappa shape index (κ2) is 6.75. The summed E-state index contributed by atoms with van der Waals surface area (Å²) in [4.78, 5) is 6.39. The van der Waals surface area contributed by atoms with E-state index in [9.17, 15) is 5.11 Å². The maximum atomic E-state index is 9.50. The van der Waals surface area contributed by atoms with Crippen LogP contribution in [0.2, 0.25) is 0 Å². The molecule has 1 rings (SSSR count). The third kappa shape index (κ3) is 4.14. The molecule has 0 aromatic carbocycles. The van der Waals surface area contributed by atoms with Gasteiger partial charge in [-0.1, -0.05) is 19.1 Å². The first-order valence-corrected chi connectivity index (χ1v) is 5.86. The molecule has 2 atom stereocenters. The Morgan fingerprint density at radius 1 is 1.60 bits per heavy atom. The molecule has 1 aliphatic heterocycles. The molecule has 0 amide bonds. The Hall–Kier alpha value is -0.670. The maximum Gasteiger partial charge on any atom is 0.106 e. The molecule has 86 valence electrons. The molecule has 0 spiro atoms. The Bertz CT molecular complexity index is 224. The summed E-state index contributed by atoms with van der Waals surface area (Å²) in [5.41, 5.74) is 0. The van der Waals surface area contributed by atoms with Gasteiger partial charge in [-0.2, -0.15) is 0 Å². The average molecular weight is 210 g/mol. The predicted octanol–water partition coefficient (Wildman–Crippen LogP) is 2.17. The summed E-state index contributed by atoms with van der Waals surface area (Å²) in [5, 5.41) is 9.50. The fraction of sp³-hybridized carbons (Fsp3) is 0.750. The van der Waals surface area contributed by atoms with Crippen molar-refractivity contribution in [2.45, 2.75) is 51.9 Å².